The van der Waals surface area contributed by atoms with E-state index in [-0.39, 0.29) is 12.0 Å². The van der Waals surface area contributed by atoms with E-state index in [1.165, 1.54) is 0 Å². The van der Waals surface area contributed by atoms with Crippen LogP contribution in [-0.4, -0.2) is 62.7 Å². The van der Waals surface area contributed by atoms with Crippen LogP contribution in [0.25, 0.3) is 0 Å². The minimum Gasteiger partial charge on any atom is -0.375 e. The maximum atomic E-state index is 11.3. The number of hydrogen-bond donors (Lipinski definition) is 0. The molecule has 0 N–H and O–H groups in total. The molecular weight excluding hydrogens is 168 g/mol. The molecule has 0 bridgehead atoms. The highest BCUT2D eigenvalue weighted by molar-refractivity contribution is 5.76. The Hall–Kier alpha value is -0.610. The first kappa shape index (κ1) is 10.5. The van der Waals surface area contributed by atoms with Gasteiger partial charge in [-0.3, -0.25) is 4.79 Å². The van der Waals surface area contributed by atoms with E-state index in [1.807, 2.05) is 0 Å². The van der Waals surface area contributed by atoms with Crippen LogP contribution < -0.4 is 0 Å². The lowest BCUT2D eigenvalue weighted by Crippen LogP contribution is -2.42. The summed E-state index contributed by atoms with van der Waals surface area (Å²) in [5, 5.41) is 0. The van der Waals surface area contributed by atoms with Gasteiger partial charge in [0.2, 0.25) is 5.91 Å². The van der Waals surface area contributed by atoms with Crippen LogP contribution in [0, 0.1) is 0 Å². The third-order valence-corrected chi connectivity index (χ3v) is 2.24. The third kappa shape index (κ3) is 3.32. The van der Waals surface area contributed by atoms with Crippen molar-refractivity contribution in [3.63, 3.8) is 0 Å². The minimum absolute atomic E-state index is 0.0775. The van der Waals surface area contributed by atoms with E-state index in [4.69, 9.17) is 4.74 Å². The van der Waals surface area contributed by atoms with Crippen molar-refractivity contribution in [1.82, 2.24) is 9.80 Å². The Morgan fingerprint density at radius 1 is 1.62 bits per heavy atom. The molecule has 1 rings (SSSR count). The molecule has 4 nitrogen and oxygen atoms in total. The summed E-state index contributed by atoms with van der Waals surface area (Å²) in [7, 11) is 5.60. The standard InChI is InChI=1S/C9H18N2O2/c1-10(2)9(12)6-8-7-11(3)4-5-13-8/h8H,4-7H2,1-3H3. The monoisotopic (exact) mass is 186 g/mol. The van der Waals surface area contributed by atoms with Crippen molar-refractivity contribution in [2.24, 2.45) is 0 Å². The summed E-state index contributed by atoms with van der Waals surface area (Å²) in [4.78, 5) is 15.1. The van der Waals surface area contributed by atoms with Crippen molar-refractivity contribution in [1.29, 1.82) is 0 Å². The second kappa shape index (κ2) is 4.58. The molecule has 0 aromatic rings. The van der Waals surface area contributed by atoms with Gasteiger partial charge in [0.15, 0.2) is 0 Å². The minimum atomic E-state index is 0.0775. The average Bonchev–Trinajstić information content (AvgIpc) is 2.04. The molecule has 0 spiro atoms. The molecule has 0 aromatic heterocycles. The molecule has 0 aliphatic carbocycles. The van der Waals surface area contributed by atoms with Gasteiger partial charge in [-0.2, -0.15) is 0 Å². The van der Waals surface area contributed by atoms with Gasteiger partial charge in [-0.1, -0.05) is 0 Å². The summed E-state index contributed by atoms with van der Waals surface area (Å²) in [6.45, 7) is 2.56. The molecule has 1 aliphatic rings. The SMILES string of the molecule is CN1CCOC(CC(=O)N(C)C)C1. The Kier molecular flexibility index (Phi) is 3.69. The van der Waals surface area contributed by atoms with E-state index in [1.54, 1.807) is 19.0 Å². The largest absolute Gasteiger partial charge is 0.375 e. The highest BCUT2D eigenvalue weighted by Gasteiger charge is 2.21. The van der Waals surface area contributed by atoms with Gasteiger partial charge in [0.25, 0.3) is 0 Å². The fraction of sp³-hybridized carbons (Fsp3) is 0.889. The van der Waals surface area contributed by atoms with Crippen LogP contribution in [0.4, 0.5) is 0 Å². The van der Waals surface area contributed by atoms with Gasteiger partial charge in [-0.15, -0.1) is 0 Å². The Balaban J connectivity index is 2.31. The summed E-state index contributed by atoms with van der Waals surface area (Å²) in [5.74, 6) is 0.139. The van der Waals surface area contributed by atoms with Crippen molar-refractivity contribution >= 4 is 5.91 Å². The Bertz CT molecular complexity index is 182. The van der Waals surface area contributed by atoms with E-state index in [9.17, 15) is 4.79 Å². The molecule has 0 aromatic carbocycles. The quantitative estimate of drug-likeness (QED) is 0.598. The van der Waals surface area contributed by atoms with Gasteiger partial charge in [0.1, 0.15) is 0 Å². The van der Waals surface area contributed by atoms with Crippen LogP contribution >= 0.6 is 0 Å². The zero-order chi connectivity index (χ0) is 9.84. The zero-order valence-electron chi connectivity index (χ0n) is 8.62. The molecule has 1 unspecified atom stereocenters. The first-order valence-corrected chi connectivity index (χ1v) is 4.60. The Labute approximate surface area is 79.4 Å². The lowest BCUT2D eigenvalue weighted by molar-refractivity contribution is -0.133. The van der Waals surface area contributed by atoms with Crippen LogP contribution in [0.1, 0.15) is 6.42 Å². The van der Waals surface area contributed by atoms with Crippen molar-refractivity contribution < 1.29 is 9.53 Å². The summed E-state index contributed by atoms with van der Waals surface area (Å²) >= 11 is 0. The molecular formula is C9H18N2O2. The highest BCUT2D eigenvalue weighted by atomic mass is 16.5. The van der Waals surface area contributed by atoms with E-state index in [0.29, 0.717) is 6.42 Å². The number of hydrogen-bond acceptors (Lipinski definition) is 3. The second-order valence-electron chi connectivity index (χ2n) is 3.75. The third-order valence-electron chi connectivity index (χ3n) is 2.24. The van der Waals surface area contributed by atoms with Crippen LogP contribution in [0.5, 0.6) is 0 Å². The van der Waals surface area contributed by atoms with Gasteiger partial charge in [-0.25, -0.2) is 0 Å². The van der Waals surface area contributed by atoms with Crippen LogP contribution in [-0.2, 0) is 9.53 Å². The molecule has 0 saturated carbocycles. The van der Waals surface area contributed by atoms with E-state index >= 15 is 0 Å². The highest BCUT2D eigenvalue weighted by Crippen LogP contribution is 2.07. The molecule has 0 radical (unpaired) electrons. The van der Waals surface area contributed by atoms with Gasteiger partial charge in [-0.05, 0) is 7.05 Å². The molecule has 1 aliphatic heterocycles. The molecule has 13 heavy (non-hydrogen) atoms. The normalized spacial score (nSPS) is 24.4. The lowest BCUT2D eigenvalue weighted by Gasteiger charge is -2.30. The van der Waals surface area contributed by atoms with Crippen molar-refractivity contribution in [3.8, 4) is 0 Å². The topological polar surface area (TPSA) is 32.8 Å². The summed E-state index contributed by atoms with van der Waals surface area (Å²) in [5.41, 5.74) is 0. The van der Waals surface area contributed by atoms with Crippen LogP contribution in [0.3, 0.4) is 0 Å². The number of carbonyl (C=O) groups is 1. The first-order valence-electron chi connectivity index (χ1n) is 4.60. The molecule has 1 atom stereocenters. The Morgan fingerprint density at radius 3 is 2.85 bits per heavy atom. The zero-order valence-corrected chi connectivity index (χ0v) is 8.62. The van der Waals surface area contributed by atoms with E-state index < -0.39 is 0 Å². The number of rotatable bonds is 2. The number of morpholine rings is 1. The van der Waals surface area contributed by atoms with E-state index in [2.05, 4.69) is 11.9 Å². The maximum Gasteiger partial charge on any atom is 0.224 e. The number of ether oxygens (including phenoxy) is 1. The molecule has 1 amide bonds. The van der Waals surface area contributed by atoms with Crippen LogP contribution in [0.2, 0.25) is 0 Å². The molecule has 1 fully saturated rings. The number of amides is 1. The van der Waals surface area contributed by atoms with Gasteiger partial charge < -0.3 is 14.5 Å². The molecule has 1 heterocycles. The Morgan fingerprint density at radius 2 is 2.31 bits per heavy atom. The lowest BCUT2D eigenvalue weighted by atomic mass is 10.2. The first-order chi connectivity index (χ1) is 6.09. The predicted octanol–water partition coefficient (Wildman–Crippen LogP) is -0.205. The van der Waals surface area contributed by atoms with Crippen LogP contribution in [0.15, 0.2) is 0 Å². The van der Waals surface area contributed by atoms with Crippen molar-refractivity contribution in [2.45, 2.75) is 12.5 Å². The summed E-state index contributed by atoms with van der Waals surface area (Å²) in [6.07, 6.45) is 0.575. The van der Waals surface area contributed by atoms with Gasteiger partial charge in [0.05, 0.1) is 19.1 Å². The maximum absolute atomic E-state index is 11.3. The number of nitrogens with zero attached hydrogens (tertiary/aromatic N) is 2. The predicted molar refractivity (Wildman–Crippen MR) is 50.5 cm³/mol. The average molecular weight is 186 g/mol. The van der Waals surface area contributed by atoms with E-state index in [0.717, 1.165) is 19.7 Å². The number of likely N-dealkylation sites (N-methyl/N-ethyl adjacent to an activating group) is 1. The molecule has 1 saturated heterocycles. The summed E-state index contributed by atoms with van der Waals surface area (Å²) < 4.78 is 5.48. The van der Waals surface area contributed by atoms with Crippen molar-refractivity contribution in [3.05, 3.63) is 0 Å². The second-order valence-corrected chi connectivity index (χ2v) is 3.75. The van der Waals surface area contributed by atoms with Gasteiger partial charge in [0, 0.05) is 27.2 Å². The molecule has 76 valence electrons. The van der Waals surface area contributed by atoms with Crippen molar-refractivity contribution in [2.75, 3.05) is 40.8 Å². The number of carbonyl (C=O) groups excluding carboxylic acids is 1. The fourth-order valence-electron chi connectivity index (χ4n) is 1.37. The van der Waals surface area contributed by atoms with Gasteiger partial charge >= 0.3 is 0 Å². The smallest absolute Gasteiger partial charge is 0.224 e. The molecule has 4 heteroatoms. The fourth-order valence-corrected chi connectivity index (χ4v) is 1.37. The summed E-state index contributed by atoms with van der Waals surface area (Å²) in [6, 6.07) is 0.